The molecule has 0 aliphatic rings. The van der Waals surface area contributed by atoms with E-state index in [1.807, 2.05) is 62.4 Å². The van der Waals surface area contributed by atoms with Crippen molar-refractivity contribution in [1.29, 1.82) is 0 Å². The number of nitrogens with zero attached hydrogens (tertiary/aromatic N) is 2. The highest BCUT2D eigenvalue weighted by atomic mass is 32.1. The molecule has 0 aromatic heterocycles. The first-order valence-corrected chi connectivity index (χ1v) is 6.20. The SMILES string of the molecule is Cc1ccccc1N=S=Nc1ccccc1C. The van der Waals surface area contributed by atoms with Gasteiger partial charge in [0.1, 0.15) is 0 Å². The maximum Gasteiger partial charge on any atom is 0.0804 e. The van der Waals surface area contributed by atoms with Gasteiger partial charge in [-0.15, -0.1) is 0 Å². The summed E-state index contributed by atoms with van der Waals surface area (Å²) in [5.74, 6) is 0. The lowest BCUT2D eigenvalue weighted by Gasteiger charge is -1.96. The number of benzene rings is 2. The molecule has 0 radical (unpaired) electrons. The van der Waals surface area contributed by atoms with E-state index in [-0.39, 0.29) is 0 Å². The molecule has 0 N–H and O–H groups in total. The molecule has 0 aliphatic carbocycles. The molecule has 0 unspecified atom stereocenters. The average Bonchev–Trinajstić information content (AvgIpc) is 2.34. The quantitative estimate of drug-likeness (QED) is 0.728. The minimum Gasteiger partial charge on any atom is -0.175 e. The average molecular weight is 242 g/mol. The smallest absolute Gasteiger partial charge is 0.0804 e. The molecule has 2 nitrogen and oxygen atoms in total. The Kier molecular flexibility index (Phi) is 3.83. The Balaban J connectivity index is 2.28. The van der Waals surface area contributed by atoms with E-state index in [1.54, 1.807) is 0 Å². The van der Waals surface area contributed by atoms with Gasteiger partial charge in [0, 0.05) is 0 Å². The molecule has 0 amide bonds. The zero-order valence-corrected chi connectivity index (χ0v) is 10.7. The number of hydrogen-bond donors (Lipinski definition) is 0. The molecule has 0 saturated carbocycles. The van der Waals surface area contributed by atoms with Crippen molar-refractivity contribution in [3.05, 3.63) is 59.7 Å². The van der Waals surface area contributed by atoms with E-state index in [0.29, 0.717) is 0 Å². The molecule has 0 fully saturated rings. The highest BCUT2D eigenvalue weighted by Crippen LogP contribution is 2.19. The molecule has 2 rings (SSSR count). The van der Waals surface area contributed by atoms with Crippen LogP contribution in [0.15, 0.2) is 57.3 Å². The third-order valence-corrected chi connectivity index (χ3v) is 3.07. The Hall–Kier alpha value is -1.74. The summed E-state index contributed by atoms with van der Waals surface area (Å²) in [7, 11) is 0. The van der Waals surface area contributed by atoms with Crippen LogP contribution in [-0.2, 0) is 11.4 Å². The molecule has 0 spiro atoms. The molecule has 0 atom stereocenters. The highest BCUT2D eigenvalue weighted by Gasteiger charge is 1.93. The van der Waals surface area contributed by atoms with Gasteiger partial charge in [0.15, 0.2) is 0 Å². The lowest BCUT2D eigenvalue weighted by Crippen LogP contribution is -1.71. The Morgan fingerprint density at radius 3 is 1.53 bits per heavy atom. The third-order valence-electron chi connectivity index (χ3n) is 2.51. The highest BCUT2D eigenvalue weighted by molar-refractivity contribution is 7.57. The van der Waals surface area contributed by atoms with Crippen molar-refractivity contribution >= 4 is 22.7 Å². The first-order valence-electron chi connectivity index (χ1n) is 5.47. The summed E-state index contributed by atoms with van der Waals surface area (Å²) in [6.07, 6.45) is 0. The van der Waals surface area contributed by atoms with Crippen molar-refractivity contribution < 1.29 is 0 Å². The second kappa shape index (κ2) is 5.55. The normalized spacial score (nSPS) is 9.76. The summed E-state index contributed by atoms with van der Waals surface area (Å²) in [6, 6.07) is 16.1. The van der Waals surface area contributed by atoms with Crippen LogP contribution >= 0.6 is 0 Å². The standard InChI is InChI=1S/C14H14N2S/c1-11-7-3-5-9-13(11)15-17-16-14-10-6-4-8-12(14)2/h3-10H,1-2H3. The van der Waals surface area contributed by atoms with E-state index < -0.39 is 0 Å². The topological polar surface area (TPSA) is 24.7 Å². The maximum absolute atomic E-state index is 4.39. The van der Waals surface area contributed by atoms with Crippen molar-refractivity contribution in [2.45, 2.75) is 13.8 Å². The molecule has 0 aliphatic heterocycles. The second-order valence-electron chi connectivity index (χ2n) is 3.84. The van der Waals surface area contributed by atoms with Crippen LogP contribution in [0.25, 0.3) is 0 Å². The molecule has 2 aromatic rings. The molecule has 0 bridgehead atoms. The summed E-state index contributed by atoms with van der Waals surface area (Å²) >= 11 is 1.24. The van der Waals surface area contributed by atoms with Crippen molar-refractivity contribution in [2.75, 3.05) is 0 Å². The van der Waals surface area contributed by atoms with E-state index in [0.717, 1.165) is 11.4 Å². The van der Waals surface area contributed by atoms with E-state index in [9.17, 15) is 0 Å². The van der Waals surface area contributed by atoms with Crippen molar-refractivity contribution in [2.24, 2.45) is 8.73 Å². The minimum absolute atomic E-state index is 0.981. The van der Waals surface area contributed by atoms with E-state index in [4.69, 9.17) is 0 Å². The van der Waals surface area contributed by atoms with Crippen LogP contribution in [0.1, 0.15) is 11.1 Å². The fourth-order valence-corrected chi connectivity index (χ4v) is 2.07. The van der Waals surface area contributed by atoms with E-state index in [2.05, 4.69) is 8.73 Å². The fourth-order valence-electron chi connectivity index (χ4n) is 1.44. The molecule has 3 heteroatoms. The van der Waals surface area contributed by atoms with Gasteiger partial charge in [0.25, 0.3) is 0 Å². The largest absolute Gasteiger partial charge is 0.175 e. The third kappa shape index (κ3) is 3.11. The Bertz CT molecular complexity index is 535. The Labute approximate surface area is 105 Å². The molecule has 17 heavy (non-hydrogen) atoms. The lowest BCUT2D eigenvalue weighted by molar-refractivity contribution is 1.41. The van der Waals surface area contributed by atoms with Crippen LogP contribution in [0, 0.1) is 13.8 Å². The lowest BCUT2D eigenvalue weighted by atomic mass is 10.2. The zero-order valence-electron chi connectivity index (χ0n) is 9.92. The van der Waals surface area contributed by atoms with Gasteiger partial charge in [-0.25, -0.2) is 0 Å². The van der Waals surface area contributed by atoms with Crippen LogP contribution in [0.2, 0.25) is 0 Å². The Morgan fingerprint density at radius 2 is 1.12 bits per heavy atom. The predicted octanol–water partition coefficient (Wildman–Crippen LogP) is 4.72. The summed E-state index contributed by atoms with van der Waals surface area (Å²) in [5.41, 5.74) is 4.30. The van der Waals surface area contributed by atoms with Gasteiger partial charge < -0.3 is 0 Å². The molecule has 2 aromatic carbocycles. The van der Waals surface area contributed by atoms with Crippen LogP contribution in [0.4, 0.5) is 11.4 Å². The van der Waals surface area contributed by atoms with Gasteiger partial charge in [-0.05, 0) is 37.1 Å². The zero-order chi connectivity index (χ0) is 12.1. The first kappa shape index (κ1) is 11.7. The number of aryl methyl sites for hydroxylation is 2. The molecule has 86 valence electrons. The molecular formula is C14H14N2S. The van der Waals surface area contributed by atoms with Crippen LogP contribution in [0.3, 0.4) is 0 Å². The summed E-state index contributed by atoms with van der Waals surface area (Å²) in [5, 5.41) is 0. The van der Waals surface area contributed by atoms with E-state index >= 15 is 0 Å². The van der Waals surface area contributed by atoms with Crippen molar-refractivity contribution in [3.63, 3.8) is 0 Å². The molecule has 0 heterocycles. The summed E-state index contributed by atoms with van der Waals surface area (Å²) in [6.45, 7) is 4.10. The minimum atomic E-state index is 0.981. The monoisotopic (exact) mass is 242 g/mol. The summed E-state index contributed by atoms with van der Waals surface area (Å²) in [4.78, 5) is 0. The summed E-state index contributed by atoms with van der Waals surface area (Å²) < 4.78 is 8.78. The molecule has 0 saturated heterocycles. The fraction of sp³-hybridized carbons (Fsp3) is 0.143. The van der Waals surface area contributed by atoms with Crippen molar-refractivity contribution in [3.8, 4) is 0 Å². The van der Waals surface area contributed by atoms with Gasteiger partial charge >= 0.3 is 0 Å². The van der Waals surface area contributed by atoms with Gasteiger partial charge in [0.2, 0.25) is 0 Å². The van der Waals surface area contributed by atoms with Crippen LogP contribution in [0.5, 0.6) is 0 Å². The van der Waals surface area contributed by atoms with Gasteiger partial charge in [-0.1, -0.05) is 36.4 Å². The second-order valence-corrected chi connectivity index (χ2v) is 4.37. The van der Waals surface area contributed by atoms with Crippen LogP contribution < -0.4 is 0 Å². The van der Waals surface area contributed by atoms with Gasteiger partial charge in [0.05, 0.1) is 22.7 Å². The Morgan fingerprint density at radius 1 is 0.706 bits per heavy atom. The van der Waals surface area contributed by atoms with Crippen LogP contribution in [-0.4, -0.2) is 0 Å². The van der Waals surface area contributed by atoms with E-state index in [1.165, 1.54) is 22.5 Å². The van der Waals surface area contributed by atoms with Crippen molar-refractivity contribution in [1.82, 2.24) is 0 Å². The number of rotatable bonds is 2. The maximum atomic E-state index is 4.39. The molecular weight excluding hydrogens is 228 g/mol. The van der Waals surface area contributed by atoms with Gasteiger partial charge in [-0.3, -0.25) is 0 Å². The first-order chi connectivity index (χ1) is 8.27. The van der Waals surface area contributed by atoms with Gasteiger partial charge in [-0.2, -0.15) is 8.73 Å². The predicted molar refractivity (Wildman–Crippen MR) is 73.9 cm³/mol. The number of hydrogen-bond acceptors (Lipinski definition) is 2.